The van der Waals surface area contributed by atoms with Gasteiger partial charge in [-0.2, -0.15) is 0 Å². The molecule has 0 saturated heterocycles. The number of alkyl carbamates (subject to hydrolysis) is 1. The molecule has 1 aromatic carbocycles. The van der Waals surface area contributed by atoms with Gasteiger partial charge in [-0.15, -0.1) is 0 Å². The van der Waals surface area contributed by atoms with Gasteiger partial charge in [0.15, 0.2) is 0 Å². The van der Waals surface area contributed by atoms with Crippen LogP contribution in [0.3, 0.4) is 0 Å². The average molecular weight is 316 g/mol. The van der Waals surface area contributed by atoms with Gasteiger partial charge in [0, 0.05) is 0 Å². The molecule has 0 fully saturated rings. The topological polar surface area (TPSA) is 139 Å². The summed E-state index contributed by atoms with van der Waals surface area (Å²) in [6, 6.07) is 5.75. The van der Waals surface area contributed by atoms with Crippen molar-refractivity contribution in [1.29, 1.82) is 0 Å². The summed E-state index contributed by atoms with van der Waals surface area (Å²) >= 11 is 0. The molecule has 114 valence electrons. The number of nitrogens with one attached hydrogen (secondary N) is 2. The predicted molar refractivity (Wildman–Crippen MR) is 69.0 cm³/mol. The molecular weight excluding hydrogens is 304 g/mol. The second-order valence-corrected chi connectivity index (χ2v) is 5.53. The van der Waals surface area contributed by atoms with Gasteiger partial charge in [-0.3, -0.25) is 4.79 Å². The normalized spacial score (nSPS) is 10.5. The molecule has 1 rings (SSSR count). The van der Waals surface area contributed by atoms with E-state index in [-0.39, 0.29) is 4.90 Å². The fraction of sp³-hybridized carbons (Fsp3) is 0.182. The van der Waals surface area contributed by atoms with Crippen LogP contribution in [0.25, 0.3) is 0 Å². The van der Waals surface area contributed by atoms with Gasteiger partial charge >= 0.3 is 12.2 Å². The molecule has 2 amide bonds. The van der Waals surface area contributed by atoms with E-state index < -0.39 is 34.7 Å². The lowest BCUT2D eigenvalue weighted by Gasteiger charge is -2.07. The molecule has 0 aliphatic carbocycles. The van der Waals surface area contributed by atoms with E-state index in [1.165, 1.54) is 12.1 Å². The van der Waals surface area contributed by atoms with Gasteiger partial charge in [0.05, 0.1) is 4.90 Å². The van der Waals surface area contributed by atoms with Gasteiger partial charge in [0.2, 0.25) is 0 Å². The first kappa shape index (κ1) is 16.4. The van der Waals surface area contributed by atoms with Gasteiger partial charge in [0.25, 0.3) is 15.9 Å². The number of amides is 2. The van der Waals surface area contributed by atoms with Crippen LogP contribution in [0.15, 0.2) is 29.2 Å². The maximum atomic E-state index is 11.8. The monoisotopic (exact) mass is 316 g/mol. The van der Waals surface area contributed by atoms with Crippen molar-refractivity contribution in [3.8, 4) is 0 Å². The number of aryl methyl sites for hydroxylation is 1. The summed E-state index contributed by atoms with van der Waals surface area (Å²) in [5, 5.41) is 9.91. The molecule has 0 bridgehead atoms. The van der Waals surface area contributed by atoms with E-state index in [4.69, 9.17) is 5.11 Å². The highest BCUT2D eigenvalue weighted by atomic mass is 32.2. The van der Waals surface area contributed by atoms with Crippen LogP contribution >= 0.6 is 0 Å². The number of hydrogen-bond donors (Lipinski definition) is 3. The maximum Gasteiger partial charge on any atom is 0.514 e. The van der Waals surface area contributed by atoms with E-state index >= 15 is 0 Å². The Morgan fingerprint density at radius 1 is 1.19 bits per heavy atom. The fourth-order valence-electron chi connectivity index (χ4n) is 1.23. The Balaban J connectivity index is 2.59. The predicted octanol–water partition coefficient (Wildman–Crippen LogP) is 0.204. The summed E-state index contributed by atoms with van der Waals surface area (Å²) in [5.41, 5.74) is 0.846. The van der Waals surface area contributed by atoms with E-state index in [1.807, 2.05) is 0 Å². The van der Waals surface area contributed by atoms with E-state index in [0.717, 1.165) is 5.56 Å². The van der Waals surface area contributed by atoms with Crippen molar-refractivity contribution in [3.63, 3.8) is 0 Å². The number of benzene rings is 1. The first-order chi connectivity index (χ1) is 9.70. The highest BCUT2D eigenvalue weighted by Gasteiger charge is 2.18. The molecule has 3 N–H and O–H groups in total. The molecule has 0 atom stereocenters. The molecule has 0 radical (unpaired) electrons. The molecule has 21 heavy (non-hydrogen) atoms. The quantitative estimate of drug-likeness (QED) is 0.532. The summed E-state index contributed by atoms with van der Waals surface area (Å²) in [4.78, 5) is 32.1. The summed E-state index contributed by atoms with van der Waals surface area (Å²) in [6.45, 7) is 1.02. The molecule has 1 aromatic rings. The van der Waals surface area contributed by atoms with E-state index in [9.17, 15) is 22.8 Å². The van der Waals surface area contributed by atoms with Crippen LogP contribution in [0.5, 0.6) is 0 Å². The Kier molecular flexibility index (Phi) is 5.24. The minimum Gasteiger partial charge on any atom is -0.449 e. The smallest absolute Gasteiger partial charge is 0.449 e. The zero-order chi connectivity index (χ0) is 16.0. The minimum absolute atomic E-state index is 0.116. The number of sulfonamides is 1. The lowest BCUT2D eigenvalue weighted by molar-refractivity contribution is -0.118. The number of carboxylic acid groups (broad SMARTS) is 1. The summed E-state index contributed by atoms with van der Waals surface area (Å²) in [7, 11) is -4.06. The molecule has 0 spiro atoms. The molecule has 0 aliphatic rings. The van der Waals surface area contributed by atoms with Crippen molar-refractivity contribution in [2.24, 2.45) is 0 Å². The molecule has 0 aliphatic heterocycles. The van der Waals surface area contributed by atoms with Crippen LogP contribution in [0.2, 0.25) is 0 Å². The molecule has 0 heterocycles. The van der Waals surface area contributed by atoms with Gasteiger partial charge in [-0.05, 0) is 19.1 Å². The number of ether oxygens (including phenoxy) is 1. The first-order valence-electron chi connectivity index (χ1n) is 5.51. The second kappa shape index (κ2) is 6.70. The Bertz CT molecular complexity index is 652. The number of hydrogen-bond acceptors (Lipinski definition) is 6. The van der Waals surface area contributed by atoms with Crippen LogP contribution in [-0.2, 0) is 19.6 Å². The third-order valence-corrected chi connectivity index (χ3v) is 3.54. The first-order valence-corrected chi connectivity index (χ1v) is 7.00. The zero-order valence-electron chi connectivity index (χ0n) is 10.8. The van der Waals surface area contributed by atoms with Crippen molar-refractivity contribution in [2.45, 2.75) is 11.8 Å². The highest BCUT2D eigenvalue weighted by Crippen LogP contribution is 2.09. The van der Waals surface area contributed by atoms with Crippen molar-refractivity contribution >= 4 is 28.2 Å². The summed E-state index contributed by atoms with van der Waals surface area (Å²) in [5.74, 6) is -1.04. The standard InChI is InChI=1S/C11H12N2O7S/c1-7-2-4-8(5-3-7)21(18,19)13-9(14)6-12-10(15)20-11(16)17/h2-5H,6H2,1H3,(H,12,15)(H,13,14)(H,16,17). The van der Waals surface area contributed by atoms with Crippen LogP contribution in [-0.4, -0.2) is 38.2 Å². The van der Waals surface area contributed by atoms with Gasteiger partial charge < -0.3 is 15.2 Å². The van der Waals surface area contributed by atoms with Gasteiger partial charge in [-0.1, -0.05) is 17.7 Å². The average Bonchev–Trinajstić information content (AvgIpc) is 2.35. The van der Waals surface area contributed by atoms with Crippen LogP contribution in [0, 0.1) is 6.92 Å². The van der Waals surface area contributed by atoms with E-state index in [2.05, 4.69) is 4.74 Å². The Morgan fingerprint density at radius 2 is 1.76 bits per heavy atom. The molecule has 0 saturated carbocycles. The summed E-state index contributed by atoms with van der Waals surface area (Å²) in [6.07, 6.45) is -3.23. The highest BCUT2D eigenvalue weighted by molar-refractivity contribution is 7.90. The number of carbonyl (C=O) groups is 3. The number of rotatable bonds is 4. The van der Waals surface area contributed by atoms with Crippen LogP contribution in [0.1, 0.15) is 5.56 Å². The van der Waals surface area contributed by atoms with E-state index in [1.54, 1.807) is 29.1 Å². The van der Waals surface area contributed by atoms with Crippen molar-refractivity contribution in [3.05, 3.63) is 29.8 Å². The van der Waals surface area contributed by atoms with Gasteiger partial charge in [-0.25, -0.2) is 22.7 Å². The Morgan fingerprint density at radius 3 is 2.29 bits per heavy atom. The van der Waals surface area contributed by atoms with Gasteiger partial charge in [0.1, 0.15) is 6.54 Å². The van der Waals surface area contributed by atoms with Crippen LogP contribution in [0.4, 0.5) is 9.59 Å². The minimum atomic E-state index is -4.06. The molecule has 0 aromatic heterocycles. The lowest BCUT2D eigenvalue weighted by atomic mass is 10.2. The third-order valence-electron chi connectivity index (χ3n) is 2.15. The molecule has 10 heteroatoms. The van der Waals surface area contributed by atoms with Crippen LogP contribution < -0.4 is 10.0 Å². The maximum absolute atomic E-state index is 11.8. The Hall–Kier alpha value is -2.62. The van der Waals surface area contributed by atoms with Crippen molar-refractivity contribution < 1.29 is 32.6 Å². The fourth-order valence-corrected chi connectivity index (χ4v) is 2.21. The number of carbonyl (C=O) groups excluding carboxylic acids is 2. The molecule has 9 nitrogen and oxygen atoms in total. The van der Waals surface area contributed by atoms with E-state index in [0.29, 0.717) is 0 Å². The SMILES string of the molecule is Cc1ccc(S(=O)(=O)NC(=O)CNC(=O)OC(=O)O)cc1. The molecular formula is C11H12N2O7S. The zero-order valence-corrected chi connectivity index (χ0v) is 11.6. The van der Waals surface area contributed by atoms with Crippen molar-refractivity contribution in [1.82, 2.24) is 10.0 Å². The molecule has 0 unspecified atom stereocenters. The third kappa shape index (κ3) is 5.48. The lowest BCUT2D eigenvalue weighted by Crippen LogP contribution is -2.40. The van der Waals surface area contributed by atoms with Crippen molar-refractivity contribution in [2.75, 3.05) is 6.54 Å². The second-order valence-electron chi connectivity index (χ2n) is 3.85. The Labute approximate surface area is 120 Å². The largest absolute Gasteiger partial charge is 0.514 e. The summed E-state index contributed by atoms with van der Waals surface area (Å²) < 4.78 is 29.0.